The first kappa shape index (κ1) is 14.3. The standard InChI is InChI=1S/C14H19ClN2O2/c15-12-4-2-1-3-11(12)13(18)9-17-7-5-10(6-8-17)14(16)19/h1-4,10,13,18H,5-9H2,(H2,16,19). The maximum Gasteiger partial charge on any atom is 0.220 e. The molecule has 0 spiro atoms. The van der Waals surface area contributed by atoms with Crippen molar-refractivity contribution < 1.29 is 9.90 Å². The maximum absolute atomic E-state index is 11.1. The molecule has 2 rings (SSSR count). The van der Waals surface area contributed by atoms with Gasteiger partial charge in [0.1, 0.15) is 0 Å². The molecule has 4 nitrogen and oxygen atoms in total. The molecule has 104 valence electrons. The summed E-state index contributed by atoms with van der Waals surface area (Å²) in [6, 6.07) is 7.32. The van der Waals surface area contributed by atoms with Gasteiger partial charge in [-0.25, -0.2) is 0 Å². The van der Waals surface area contributed by atoms with Crippen LogP contribution in [0.4, 0.5) is 0 Å². The molecule has 1 heterocycles. The minimum absolute atomic E-state index is 0.0197. The van der Waals surface area contributed by atoms with Gasteiger partial charge >= 0.3 is 0 Å². The summed E-state index contributed by atoms with van der Waals surface area (Å²) in [7, 11) is 0. The first-order chi connectivity index (χ1) is 9.08. The van der Waals surface area contributed by atoms with Crippen LogP contribution in [0.15, 0.2) is 24.3 Å². The Hall–Kier alpha value is -1.10. The predicted molar refractivity (Wildman–Crippen MR) is 74.8 cm³/mol. The summed E-state index contributed by atoms with van der Waals surface area (Å²) in [6.45, 7) is 2.11. The Bertz CT molecular complexity index is 445. The van der Waals surface area contributed by atoms with Crippen molar-refractivity contribution >= 4 is 17.5 Å². The lowest BCUT2D eigenvalue weighted by atomic mass is 9.96. The minimum Gasteiger partial charge on any atom is -0.387 e. The Morgan fingerprint density at radius 2 is 2.05 bits per heavy atom. The average molecular weight is 283 g/mol. The van der Waals surface area contributed by atoms with Crippen molar-refractivity contribution in [2.45, 2.75) is 18.9 Å². The summed E-state index contributed by atoms with van der Waals surface area (Å²) < 4.78 is 0. The quantitative estimate of drug-likeness (QED) is 0.881. The number of nitrogens with zero attached hydrogens (tertiary/aromatic N) is 1. The number of aliphatic hydroxyl groups excluding tert-OH is 1. The third-order valence-corrected chi connectivity index (χ3v) is 4.03. The number of likely N-dealkylation sites (tertiary alicyclic amines) is 1. The lowest BCUT2D eigenvalue weighted by Crippen LogP contribution is -2.40. The summed E-state index contributed by atoms with van der Waals surface area (Å²) in [6.07, 6.45) is 0.939. The Morgan fingerprint density at radius 3 is 2.63 bits per heavy atom. The molecule has 0 radical (unpaired) electrons. The third kappa shape index (κ3) is 3.69. The van der Waals surface area contributed by atoms with E-state index in [2.05, 4.69) is 4.90 Å². The second-order valence-electron chi connectivity index (χ2n) is 5.01. The number of halogens is 1. The lowest BCUT2D eigenvalue weighted by molar-refractivity contribution is -0.123. The number of piperidine rings is 1. The number of rotatable bonds is 4. The largest absolute Gasteiger partial charge is 0.387 e. The Labute approximate surface area is 118 Å². The van der Waals surface area contributed by atoms with Gasteiger partial charge in [-0.05, 0) is 32.0 Å². The van der Waals surface area contributed by atoms with Crippen molar-refractivity contribution in [3.05, 3.63) is 34.9 Å². The van der Waals surface area contributed by atoms with Crippen LogP contribution in [-0.2, 0) is 4.79 Å². The minimum atomic E-state index is -0.598. The van der Waals surface area contributed by atoms with E-state index in [4.69, 9.17) is 17.3 Å². The van der Waals surface area contributed by atoms with Gasteiger partial charge in [-0.2, -0.15) is 0 Å². The first-order valence-corrected chi connectivity index (χ1v) is 6.90. The van der Waals surface area contributed by atoms with Gasteiger partial charge in [-0.3, -0.25) is 4.79 Å². The van der Waals surface area contributed by atoms with E-state index in [1.54, 1.807) is 6.07 Å². The molecule has 1 aromatic rings. The molecular weight excluding hydrogens is 264 g/mol. The van der Waals surface area contributed by atoms with Crippen LogP contribution in [0.5, 0.6) is 0 Å². The molecule has 1 saturated heterocycles. The van der Waals surface area contributed by atoms with E-state index in [1.807, 2.05) is 18.2 Å². The molecule has 0 aliphatic carbocycles. The van der Waals surface area contributed by atoms with Crippen LogP contribution in [-0.4, -0.2) is 35.5 Å². The monoisotopic (exact) mass is 282 g/mol. The summed E-state index contributed by atoms with van der Waals surface area (Å²) in [5.74, 6) is -0.236. The predicted octanol–water partition coefficient (Wildman–Crippen LogP) is 1.57. The highest BCUT2D eigenvalue weighted by atomic mass is 35.5. The molecule has 1 aliphatic rings. The lowest BCUT2D eigenvalue weighted by Gasteiger charge is -2.32. The fraction of sp³-hybridized carbons (Fsp3) is 0.500. The molecule has 0 bridgehead atoms. The van der Waals surface area contributed by atoms with Crippen molar-refractivity contribution in [1.82, 2.24) is 4.90 Å². The van der Waals surface area contributed by atoms with E-state index >= 15 is 0 Å². The molecule has 1 amide bonds. The molecule has 1 aliphatic heterocycles. The van der Waals surface area contributed by atoms with Crippen molar-refractivity contribution in [1.29, 1.82) is 0 Å². The summed E-state index contributed by atoms with van der Waals surface area (Å²) >= 11 is 6.06. The molecule has 1 aromatic carbocycles. The molecule has 19 heavy (non-hydrogen) atoms. The number of primary amides is 1. The number of benzene rings is 1. The maximum atomic E-state index is 11.1. The van der Waals surface area contributed by atoms with E-state index in [-0.39, 0.29) is 11.8 Å². The van der Waals surface area contributed by atoms with Crippen molar-refractivity contribution in [3.63, 3.8) is 0 Å². The van der Waals surface area contributed by atoms with E-state index in [0.29, 0.717) is 11.6 Å². The van der Waals surface area contributed by atoms with Gasteiger partial charge in [-0.15, -0.1) is 0 Å². The summed E-state index contributed by atoms with van der Waals surface area (Å²) in [5, 5.41) is 10.8. The van der Waals surface area contributed by atoms with Crippen LogP contribution in [0.25, 0.3) is 0 Å². The van der Waals surface area contributed by atoms with E-state index in [9.17, 15) is 9.90 Å². The van der Waals surface area contributed by atoms with Gasteiger partial charge in [-0.1, -0.05) is 29.8 Å². The van der Waals surface area contributed by atoms with Gasteiger partial charge in [0.05, 0.1) is 6.10 Å². The van der Waals surface area contributed by atoms with Crippen LogP contribution in [0.3, 0.4) is 0 Å². The van der Waals surface area contributed by atoms with Crippen molar-refractivity contribution in [3.8, 4) is 0 Å². The Kier molecular flexibility index (Phi) is 4.80. The summed E-state index contributed by atoms with van der Waals surface area (Å²) in [4.78, 5) is 13.2. The Morgan fingerprint density at radius 1 is 1.42 bits per heavy atom. The second kappa shape index (κ2) is 6.37. The zero-order chi connectivity index (χ0) is 13.8. The van der Waals surface area contributed by atoms with Gasteiger partial charge < -0.3 is 15.7 Å². The first-order valence-electron chi connectivity index (χ1n) is 6.52. The van der Waals surface area contributed by atoms with Crippen molar-refractivity contribution in [2.24, 2.45) is 11.7 Å². The highest BCUT2D eigenvalue weighted by molar-refractivity contribution is 6.31. The van der Waals surface area contributed by atoms with Crippen molar-refractivity contribution in [2.75, 3.05) is 19.6 Å². The SMILES string of the molecule is NC(=O)C1CCN(CC(O)c2ccccc2Cl)CC1. The molecule has 0 aromatic heterocycles. The topological polar surface area (TPSA) is 66.6 Å². The normalized spacial score (nSPS) is 19.3. The molecule has 0 saturated carbocycles. The third-order valence-electron chi connectivity index (χ3n) is 3.69. The molecule has 5 heteroatoms. The molecular formula is C14H19ClN2O2. The average Bonchev–Trinajstić information content (AvgIpc) is 2.39. The van der Waals surface area contributed by atoms with E-state index in [1.165, 1.54) is 0 Å². The number of nitrogens with two attached hydrogens (primary N) is 1. The number of β-amino-alcohol motifs (C(OH)–C–C–N with tert-alkyl or cyclic N) is 1. The van der Waals surface area contributed by atoms with Gasteiger partial charge in [0.15, 0.2) is 0 Å². The van der Waals surface area contributed by atoms with Crippen LogP contribution in [0, 0.1) is 5.92 Å². The van der Waals surface area contributed by atoms with Gasteiger partial charge in [0, 0.05) is 23.0 Å². The zero-order valence-electron chi connectivity index (χ0n) is 10.8. The smallest absolute Gasteiger partial charge is 0.220 e. The number of amides is 1. The van der Waals surface area contributed by atoms with Gasteiger partial charge in [0.25, 0.3) is 0 Å². The summed E-state index contributed by atoms with van der Waals surface area (Å²) in [5.41, 5.74) is 6.05. The number of carbonyl (C=O) groups is 1. The number of hydrogen-bond acceptors (Lipinski definition) is 3. The number of carbonyl (C=O) groups excluding carboxylic acids is 1. The fourth-order valence-electron chi connectivity index (χ4n) is 2.49. The van der Waals surface area contributed by atoms with Crippen LogP contribution in [0.1, 0.15) is 24.5 Å². The number of hydrogen-bond donors (Lipinski definition) is 2. The molecule has 1 unspecified atom stereocenters. The van der Waals surface area contributed by atoms with Crippen LogP contribution >= 0.6 is 11.6 Å². The zero-order valence-corrected chi connectivity index (χ0v) is 11.5. The highest BCUT2D eigenvalue weighted by Crippen LogP contribution is 2.25. The molecule has 1 atom stereocenters. The Balaban J connectivity index is 1.89. The fourth-order valence-corrected chi connectivity index (χ4v) is 2.75. The van der Waals surface area contributed by atoms with Crippen LogP contribution in [0.2, 0.25) is 5.02 Å². The number of aliphatic hydroxyl groups is 1. The van der Waals surface area contributed by atoms with Crippen LogP contribution < -0.4 is 5.73 Å². The molecule has 1 fully saturated rings. The van der Waals surface area contributed by atoms with E-state index in [0.717, 1.165) is 31.5 Å². The second-order valence-corrected chi connectivity index (χ2v) is 5.42. The highest BCUT2D eigenvalue weighted by Gasteiger charge is 2.24. The van der Waals surface area contributed by atoms with E-state index < -0.39 is 6.10 Å². The van der Waals surface area contributed by atoms with Gasteiger partial charge in [0.2, 0.25) is 5.91 Å². The molecule has 3 N–H and O–H groups in total.